The van der Waals surface area contributed by atoms with E-state index < -0.39 is 0 Å². The molecule has 0 amide bonds. The number of hydrogen-bond donors (Lipinski definition) is 1. The molecule has 0 aromatic rings. The first-order valence-corrected chi connectivity index (χ1v) is 4.42. The Hall–Kier alpha value is -0.590. The minimum atomic E-state index is -0.0519. The number of nitrogens with zero attached hydrogens (tertiary/aromatic N) is 2. The van der Waals surface area contributed by atoms with Gasteiger partial charge in [0.05, 0.1) is 6.07 Å². The number of rotatable bonds is 5. The predicted molar refractivity (Wildman–Crippen MR) is 50.8 cm³/mol. The zero-order chi connectivity index (χ0) is 9.56. The molecular formula is C9H19N3. The molecule has 0 bridgehead atoms. The number of nitrogens with one attached hydrogen (secondary N) is 1. The molecule has 0 aliphatic heterocycles. The summed E-state index contributed by atoms with van der Waals surface area (Å²) in [6.07, 6.45) is 1.12. The van der Waals surface area contributed by atoms with Crippen LogP contribution < -0.4 is 5.32 Å². The zero-order valence-electron chi connectivity index (χ0n) is 8.46. The van der Waals surface area contributed by atoms with E-state index in [0.29, 0.717) is 6.04 Å². The van der Waals surface area contributed by atoms with Gasteiger partial charge < -0.3 is 10.2 Å². The smallest absolute Gasteiger partial charge is 0.108 e. The summed E-state index contributed by atoms with van der Waals surface area (Å²) in [7, 11) is 3.87. The minimum absolute atomic E-state index is 0.0519. The monoisotopic (exact) mass is 169 g/mol. The van der Waals surface area contributed by atoms with Gasteiger partial charge in [0.15, 0.2) is 0 Å². The molecule has 0 rings (SSSR count). The van der Waals surface area contributed by atoms with Gasteiger partial charge in [-0.15, -0.1) is 0 Å². The fraction of sp³-hybridized carbons (Fsp3) is 0.889. The van der Waals surface area contributed by atoms with Gasteiger partial charge >= 0.3 is 0 Å². The summed E-state index contributed by atoms with van der Waals surface area (Å²) in [5, 5.41) is 11.6. The lowest BCUT2D eigenvalue weighted by molar-refractivity contribution is 0.241. The Morgan fingerprint density at radius 1 is 1.58 bits per heavy atom. The zero-order valence-corrected chi connectivity index (χ0v) is 8.46. The highest BCUT2D eigenvalue weighted by molar-refractivity contribution is 4.91. The van der Waals surface area contributed by atoms with E-state index in [1.807, 2.05) is 7.05 Å². The summed E-state index contributed by atoms with van der Waals surface area (Å²) >= 11 is 0. The third-order valence-corrected chi connectivity index (χ3v) is 2.32. The molecule has 70 valence electrons. The topological polar surface area (TPSA) is 39.1 Å². The highest BCUT2D eigenvalue weighted by atomic mass is 15.1. The molecule has 3 heteroatoms. The van der Waals surface area contributed by atoms with E-state index in [2.05, 4.69) is 37.2 Å². The summed E-state index contributed by atoms with van der Waals surface area (Å²) in [5.74, 6) is 0. The van der Waals surface area contributed by atoms with Crippen molar-refractivity contribution in [2.75, 3.05) is 20.6 Å². The van der Waals surface area contributed by atoms with Gasteiger partial charge in [-0.3, -0.25) is 0 Å². The first kappa shape index (κ1) is 11.4. The summed E-state index contributed by atoms with van der Waals surface area (Å²) in [5.41, 5.74) is 0. The summed E-state index contributed by atoms with van der Waals surface area (Å²) in [6.45, 7) is 5.12. The second-order valence-corrected chi connectivity index (χ2v) is 3.17. The molecule has 1 N–H and O–H groups in total. The maximum Gasteiger partial charge on any atom is 0.108 e. The minimum Gasteiger partial charge on any atom is -0.304 e. The molecule has 0 saturated carbocycles. The van der Waals surface area contributed by atoms with Crippen LogP contribution in [0.2, 0.25) is 0 Å². The quantitative estimate of drug-likeness (QED) is 0.662. The van der Waals surface area contributed by atoms with E-state index in [9.17, 15) is 0 Å². The van der Waals surface area contributed by atoms with Crippen LogP contribution in [0.5, 0.6) is 0 Å². The Morgan fingerprint density at radius 3 is 2.50 bits per heavy atom. The van der Waals surface area contributed by atoms with Gasteiger partial charge in [0.1, 0.15) is 6.04 Å². The van der Waals surface area contributed by atoms with E-state index in [1.165, 1.54) is 0 Å². The Balaban J connectivity index is 3.82. The van der Waals surface area contributed by atoms with Crippen molar-refractivity contribution in [3.63, 3.8) is 0 Å². The molecule has 2 atom stereocenters. The van der Waals surface area contributed by atoms with Gasteiger partial charge in [-0.25, -0.2) is 0 Å². The van der Waals surface area contributed by atoms with Crippen molar-refractivity contribution >= 4 is 0 Å². The van der Waals surface area contributed by atoms with Crippen LogP contribution in [-0.2, 0) is 0 Å². The summed E-state index contributed by atoms with van der Waals surface area (Å²) < 4.78 is 0. The van der Waals surface area contributed by atoms with Gasteiger partial charge in [-0.1, -0.05) is 6.92 Å². The van der Waals surface area contributed by atoms with E-state index in [4.69, 9.17) is 5.26 Å². The van der Waals surface area contributed by atoms with Gasteiger partial charge in [0.2, 0.25) is 0 Å². The molecule has 3 nitrogen and oxygen atoms in total. The Morgan fingerprint density at radius 2 is 2.17 bits per heavy atom. The molecular weight excluding hydrogens is 150 g/mol. The summed E-state index contributed by atoms with van der Waals surface area (Å²) in [4.78, 5) is 2.20. The molecule has 0 aliphatic rings. The molecule has 0 aromatic heterocycles. The molecule has 0 fully saturated rings. The van der Waals surface area contributed by atoms with Crippen LogP contribution in [0.4, 0.5) is 0 Å². The number of likely N-dealkylation sites (N-methyl/N-ethyl adjacent to an activating group) is 2. The van der Waals surface area contributed by atoms with Crippen molar-refractivity contribution in [1.82, 2.24) is 10.2 Å². The van der Waals surface area contributed by atoms with Crippen molar-refractivity contribution in [3.05, 3.63) is 0 Å². The van der Waals surface area contributed by atoms with Crippen LogP contribution in [0.1, 0.15) is 20.3 Å². The van der Waals surface area contributed by atoms with Crippen LogP contribution in [0.25, 0.3) is 0 Å². The fourth-order valence-corrected chi connectivity index (χ4v) is 0.976. The van der Waals surface area contributed by atoms with Gasteiger partial charge in [0, 0.05) is 12.6 Å². The van der Waals surface area contributed by atoms with E-state index in [-0.39, 0.29) is 6.04 Å². The van der Waals surface area contributed by atoms with Gasteiger partial charge in [0.25, 0.3) is 0 Å². The fourth-order valence-electron chi connectivity index (χ4n) is 0.976. The normalized spacial score (nSPS) is 15.7. The molecule has 2 unspecified atom stereocenters. The molecule has 0 aliphatic carbocycles. The van der Waals surface area contributed by atoms with Crippen LogP contribution in [-0.4, -0.2) is 37.6 Å². The lowest BCUT2D eigenvalue weighted by Crippen LogP contribution is -2.40. The molecule has 12 heavy (non-hydrogen) atoms. The second-order valence-electron chi connectivity index (χ2n) is 3.17. The van der Waals surface area contributed by atoms with E-state index in [0.717, 1.165) is 13.0 Å². The number of nitriles is 1. The van der Waals surface area contributed by atoms with E-state index >= 15 is 0 Å². The molecule has 0 radical (unpaired) electrons. The standard InChI is InChI=1S/C9H19N3/c1-5-8(2)12(4)7-9(6-10)11-3/h8-9,11H,5,7H2,1-4H3. The van der Waals surface area contributed by atoms with Crippen molar-refractivity contribution in [2.45, 2.75) is 32.4 Å². The molecule has 0 saturated heterocycles. The largest absolute Gasteiger partial charge is 0.304 e. The highest BCUT2D eigenvalue weighted by Gasteiger charge is 2.11. The third kappa shape index (κ3) is 3.70. The predicted octanol–water partition coefficient (Wildman–Crippen LogP) is 0.828. The van der Waals surface area contributed by atoms with Gasteiger partial charge in [-0.2, -0.15) is 5.26 Å². The van der Waals surface area contributed by atoms with E-state index in [1.54, 1.807) is 0 Å². The van der Waals surface area contributed by atoms with Gasteiger partial charge in [-0.05, 0) is 27.4 Å². The van der Waals surface area contributed by atoms with Crippen LogP contribution >= 0.6 is 0 Å². The Bertz CT molecular complexity index is 150. The van der Waals surface area contributed by atoms with Crippen LogP contribution in [0.15, 0.2) is 0 Å². The lowest BCUT2D eigenvalue weighted by atomic mass is 10.2. The Kier molecular flexibility index (Phi) is 5.69. The maximum absolute atomic E-state index is 8.69. The first-order chi connectivity index (χ1) is 5.65. The molecule has 0 aromatic carbocycles. The average Bonchev–Trinajstić information content (AvgIpc) is 2.12. The average molecular weight is 169 g/mol. The second kappa shape index (κ2) is 5.99. The highest BCUT2D eigenvalue weighted by Crippen LogP contribution is 2.00. The lowest BCUT2D eigenvalue weighted by Gasteiger charge is -2.25. The Labute approximate surface area is 75.4 Å². The van der Waals surface area contributed by atoms with Crippen LogP contribution in [0, 0.1) is 11.3 Å². The summed E-state index contributed by atoms with van der Waals surface area (Å²) in [6, 6.07) is 2.71. The number of hydrogen-bond acceptors (Lipinski definition) is 3. The maximum atomic E-state index is 8.69. The van der Waals surface area contributed by atoms with Crippen molar-refractivity contribution in [3.8, 4) is 6.07 Å². The first-order valence-electron chi connectivity index (χ1n) is 4.42. The van der Waals surface area contributed by atoms with Crippen molar-refractivity contribution in [1.29, 1.82) is 5.26 Å². The SMILES string of the molecule is CCC(C)N(C)CC(C#N)NC. The van der Waals surface area contributed by atoms with Crippen molar-refractivity contribution in [2.24, 2.45) is 0 Å². The third-order valence-electron chi connectivity index (χ3n) is 2.32. The molecule has 0 spiro atoms. The van der Waals surface area contributed by atoms with Crippen LogP contribution in [0.3, 0.4) is 0 Å². The van der Waals surface area contributed by atoms with Crippen molar-refractivity contribution < 1.29 is 0 Å². The molecule has 0 heterocycles.